The van der Waals surface area contributed by atoms with Gasteiger partial charge in [-0.05, 0) is 12.0 Å². The molecular formula is C10H18N2O. The number of rotatable bonds is 5. The zero-order valence-electron chi connectivity index (χ0n) is 8.29. The lowest BCUT2D eigenvalue weighted by molar-refractivity contribution is 0.343. The van der Waals surface area contributed by atoms with Gasteiger partial charge in [0.15, 0.2) is 0 Å². The SMILES string of the molecule is CCC(CC)C(NN)c1ccoc1. The van der Waals surface area contributed by atoms with E-state index < -0.39 is 0 Å². The van der Waals surface area contributed by atoms with Crippen LogP contribution >= 0.6 is 0 Å². The second-order valence-electron chi connectivity index (χ2n) is 3.28. The minimum absolute atomic E-state index is 0.216. The highest BCUT2D eigenvalue weighted by Crippen LogP contribution is 2.26. The quantitative estimate of drug-likeness (QED) is 0.542. The lowest BCUT2D eigenvalue weighted by atomic mass is 9.91. The minimum atomic E-state index is 0.216. The van der Waals surface area contributed by atoms with Crippen molar-refractivity contribution >= 4 is 0 Å². The first kappa shape index (κ1) is 10.3. The van der Waals surface area contributed by atoms with Crippen LogP contribution in [-0.4, -0.2) is 0 Å². The maximum Gasteiger partial charge on any atom is 0.0950 e. The van der Waals surface area contributed by atoms with E-state index in [0.717, 1.165) is 18.4 Å². The second-order valence-corrected chi connectivity index (χ2v) is 3.28. The smallest absolute Gasteiger partial charge is 0.0950 e. The summed E-state index contributed by atoms with van der Waals surface area (Å²) in [4.78, 5) is 0. The third-order valence-corrected chi connectivity index (χ3v) is 2.60. The van der Waals surface area contributed by atoms with Gasteiger partial charge >= 0.3 is 0 Å². The van der Waals surface area contributed by atoms with Gasteiger partial charge in [-0.1, -0.05) is 26.7 Å². The standard InChI is InChI=1S/C10H18N2O/c1-3-8(4-2)10(12-11)9-5-6-13-7-9/h5-8,10,12H,3-4,11H2,1-2H3. The van der Waals surface area contributed by atoms with E-state index in [9.17, 15) is 0 Å². The van der Waals surface area contributed by atoms with Crippen LogP contribution in [0.2, 0.25) is 0 Å². The average Bonchev–Trinajstić information content (AvgIpc) is 2.66. The number of hydrogen-bond donors (Lipinski definition) is 2. The molecule has 0 saturated carbocycles. The first-order chi connectivity index (χ1) is 6.33. The second kappa shape index (κ2) is 5.04. The Hall–Kier alpha value is -0.800. The first-order valence-electron chi connectivity index (χ1n) is 4.81. The molecule has 0 fully saturated rings. The van der Waals surface area contributed by atoms with Crippen LogP contribution in [0.15, 0.2) is 23.0 Å². The summed E-state index contributed by atoms with van der Waals surface area (Å²) < 4.78 is 5.04. The molecule has 0 radical (unpaired) electrons. The summed E-state index contributed by atoms with van der Waals surface area (Å²) in [5.74, 6) is 6.10. The van der Waals surface area contributed by atoms with E-state index in [-0.39, 0.29) is 6.04 Å². The number of nitrogens with one attached hydrogen (secondary N) is 1. The predicted octanol–water partition coefficient (Wildman–Crippen LogP) is 2.22. The van der Waals surface area contributed by atoms with Crippen LogP contribution < -0.4 is 11.3 Å². The Balaban J connectivity index is 2.72. The number of furan rings is 1. The number of hydrazine groups is 1. The van der Waals surface area contributed by atoms with Crippen LogP contribution in [0, 0.1) is 5.92 Å². The molecule has 0 aliphatic carbocycles. The highest BCUT2D eigenvalue weighted by molar-refractivity contribution is 5.12. The summed E-state index contributed by atoms with van der Waals surface area (Å²) in [7, 11) is 0. The van der Waals surface area contributed by atoms with Gasteiger partial charge in [-0.25, -0.2) is 0 Å². The molecule has 1 heterocycles. The molecule has 0 aromatic carbocycles. The van der Waals surface area contributed by atoms with Crippen LogP contribution in [0.4, 0.5) is 0 Å². The molecule has 1 aromatic heterocycles. The van der Waals surface area contributed by atoms with Gasteiger partial charge in [0.2, 0.25) is 0 Å². The van der Waals surface area contributed by atoms with Gasteiger partial charge in [-0.2, -0.15) is 0 Å². The zero-order valence-corrected chi connectivity index (χ0v) is 8.29. The molecule has 0 spiro atoms. The monoisotopic (exact) mass is 182 g/mol. The van der Waals surface area contributed by atoms with E-state index in [4.69, 9.17) is 10.3 Å². The van der Waals surface area contributed by atoms with E-state index in [1.165, 1.54) is 0 Å². The van der Waals surface area contributed by atoms with Crippen molar-refractivity contribution < 1.29 is 4.42 Å². The van der Waals surface area contributed by atoms with Crippen molar-refractivity contribution in [1.82, 2.24) is 5.43 Å². The summed E-state index contributed by atoms with van der Waals surface area (Å²) in [6.07, 6.45) is 5.68. The van der Waals surface area contributed by atoms with Crippen molar-refractivity contribution in [2.24, 2.45) is 11.8 Å². The van der Waals surface area contributed by atoms with E-state index in [0.29, 0.717) is 5.92 Å². The molecule has 74 valence electrons. The Bertz CT molecular complexity index is 217. The van der Waals surface area contributed by atoms with Crippen molar-refractivity contribution in [3.63, 3.8) is 0 Å². The predicted molar refractivity (Wildman–Crippen MR) is 52.8 cm³/mol. The number of nitrogens with two attached hydrogens (primary N) is 1. The average molecular weight is 182 g/mol. The third-order valence-electron chi connectivity index (χ3n) is 2.60. The van der Waals surface area contributed by atoms with Crippen molar-refractivity contribution in [1.29, 1.82) is 0 Å². The molecule has 0 bridgehead atoms. The fourth-order valence-corrected chi connectivity index (χ4v) is 1.72. The zero-order chi connectivity index (χ0) is 9.68. The van der Waals surface area contributed by atoms with Crippen LogP contribution in [0.5, 0.6) is 0 Å². The molecule has 3 nitrogen and oxygen atoms in total. The molecule has 1 unspecified atom stereocenters. The van der Waals surface area contributed by atoms with E-state index >= 15 is 0 Å². The molecular weight excluding hydrogens is 164 g/mol. The fraction of sp³-hybridized carbons (Fsp3) is 0.600. The molecule has 0 aliphatic rings. The van der Waals surface area contributed by atoms with Crippen LogP contribution in [0.3, 0.4) is 0 Å². The van der Waals surface area contributed by atoms with Crippen molar-refractivity contribution in [2.75, 3.05) is 0 Å². The highest BCUT2D eigenvalue weighted by atomic mass is 16.3. The highest BCUT2D eigenvalue weighted by Gasteiger charge is 2.19. The lowest BCUT2D eigenvalue weighted by Gasteiger charge is -2.23. The normalized spacial score (nSPS) is 13.5. The summed E-state index contributed by atoms with van der Waals surface area (Å²) >= 11 is 0. The van der Waals surface area contributed by atoms with Gasteiger partial charge in [0, 0.05) is 5.56 Å². The lowest BCUT2D eigenvalue weighted by Crippen LogP contribution is -2.32. The number of hydrogen-bond acceptors (Lipinski definition) is 3. The Morgan fingerprint density at radius 2 is 2.15 bits per heavy atom. The van der Waals surface area contributed by atoms with E-state index in [1.54, 1.807) is 12.5 Å². The Kier molecular flexibility index (Phi) is 3.99. The van der Waals surface area contributed by atoms with Crippen molar-refractivity contribution in [3.8, 4) is 0 Å². The molecule has 3 heteroatoms. The first-order valence-corrected chi connectivity index (χ1v) is 4.81. The molecule has 0 saturated heterocycles. The van der Waals surface area contributed by atoms with Gasteiger partial charge < -0.3 is 4.42 Å². The van der Waals surface area contributed by atoms with E-state index in [2.05, 4.69) is 19.3 Å². The van der Waals surface area contributed by atoms with E-state index in [1.807, 2.05) is 6.07 Å². The molecule has 0 amide bonds. The van der Waals surface area contributed by atoms with Gasteiger partial charge in [0.05, 0.1) is 18.6 Å². The maximum absolute atomic E-state index is 5.52. The van der Waals surface area contributed by atoms with Crippen molar-refractivity contribution in [2.45, 2.75) is 32.7 Å². The summed E-state index contributed by atoms with van der Waals surface area (Å²) in [5, 5.41) is 0. The fourth-order valence-electron chi connectivity index (χ4n) is 1.72. The van der Waals surface area contributed by atoms with Gasteiger partial charge in [-0.3, -0.25) is 11.3 Å². The summed E-state index contributed by atoms with van der Waals surface area (Å²) in [6.45, 7) is 4.36. The topological polar surface area (TPSA) is 51.2 Å². The molecule has 1 atom stereocenters. The minimum Gasteiger partial charge on any atom is -0.472 e. The van der Waals surface area contributed by atoms with Gasteiger partial charge in [0.25, 0.3) is 0 Å². The Labute approximate surface area is 79.3 Å². The van der Waals surface area contributed by atoms with Crippen molar-refractivity contribution in [3.05, 3.63) is 24.2 Å². The summed E-state index contributed by atoms with van der Waals surface area (Å²) in [5.41, 5.74) is 3.98. The van der Waals surface area contributed by atoms with Crippen LogP contribution in [0.25, 0.3) is 0 Å². The van der Waals surface area contributed by atoms with Gasteiger partial charge in [0.1, 0.15) is 0 Å². The van der Waals surface area contributed by atoms with Crippen LogP contribution in [-0.2, 0) is 0 Å². The molecule has 3 N–H and O–H groups in total. The third kappa shape index (κ3) is 2.32. The molecule has 13 heavy (non-hydrogen) atoms. The molecule has 0 aliphatic heterocycles. The molecule has 1 rings (SSSR count). The molecule has 1 aromatic rings. The Morgan fingerprint density at radius 3 is 2.54 bits per heavy atom. The maximum atomic E-state index is 5.52. The largest absolute Gasteiger partial charge is 0.472 e. The summed E-state index contributed by atoms with van der Waals surface area (Å²) in [6, 6.07) is 2.18. The Morgan fingerprint density at radius 1 is 1.46 bits per heavy atom. The van der Waals surface area contributed by atoms with Crippen LogP contribution in [0.1, 0.15) is 38.3 Å². The van der Waals surface area contributed by atoms with Gasteiger partial charge in [-0.15, -0.1) is 0 Å².